The number of hydrogen-bond donors (Lipinski definition) is 0. The maximum Gasteiger partial charge on any atom is 0.164 e. The molecule has 13 heteroatoms. The Morgan fingerprint density at radius 3 is 0.957 bits per heavy atom. The van der Waals surface area contributed by atoms with Crippen LogP contribution in [0.1, 0.15) is 0 Å². The van der Waals surface area contributed by atoms with E-state index in [9.17, 15) is 0 Å². The fraction of sp³-hybridized carbons (Fsp3) is 0. The normalized spacial score (nSPS) is 11.5. The van der Waals surface area contributed by atoms with Crippen molar-refractivity contribution in [3.63, 3.8) is 0 Å². The van der Waals surface area contributed by atoms with Crippen molar-refractivity contribution in [1.29, 1.82) is 0 Å². The standard InChI is InChI=1S/2C43H27N3S.C39H23N3O2/c1-3-11-28(12-4-1)30-15-9-16-34(26-30)41-44-42(35-24-23-32-25-31(21-22-33(32)27-35)29-13-5-2-6-14-29)46-43(45-41)37-18-10-20-39-40(37)36-17-7-8-19-38(36)47-39;1-3-12-28(13-4-1)30-16-11-17-31(26-30)41-44-42(32-22-23-37-36-20-9-10-21-39(36)47-40(37)27-32)46-43(45-41)38-25-24-33(29-14-5-2-6-15-29)34-18-7-8-19-35(34)38;1-3-9-24(10-4-1)26-15-18-31-32-20-17-28(23-36(32)44-34(31)21-26)39-41-37(25-11-5-2-6-12-25)40-38(42-39)27-16-19-30-29-13-7-8-14-33(29)43-35(30)22-27/h2*1-27H;1-23H. The van der Waals surface area contributed by atoms with Crippen LogP contribution in [0.15, 0.2) is 476 Å². The molecule has 11 nitrogen and oxygen atoms in total. The third-order valence-electron chi connectivity index (χ3n) is 25.6. The predicted octanol–water partition coefficient (Wildman–Crippen LogP) is 33.8. The molecule has 0 saturated heterocycles. The Morgan fingerprint density at radius 2 is 0.428 bits per heavy atom. The Hall–Kier alpha value is -18.0. The molecule has 0 atom stereocenters. The number of benzene rings is 20. The van der Waals surface area contributed by atoms with Gasteiger partial charge in [-0.2, -0.15) is 0 Å². The van der Waals surface area contributed by atoms with E-state index in [1.54, 1.807) is 22.7 Å². The van der Waals surface area contributed by atoms with E-state index >= 15 is 0 Å². The summed E-state index contributed by atoms with van der Waals surface area (Å²) < 4.78 is 17.5. The molecule has 0 bridgehead atoms. The van der Waals surface area contributed by atoms with E-state index < -0.39 is 0 Å². The molecule has 27 aromatic rings. The molecule has 0 saturated carbocycles. The van der Waals surface area contributed by atoms with E-state index in [2.05, 4.69) is 364 Å². The fourth-order valence-electron chi connectivity index (χ4n) is 18.8. The largest absolute Gasteiger partial charge is 0.456 e. The number of para-hydroxylation sites is 1. The Kier molecular flexibility index (Phi) is 21.1. The van der Waals surface area contributed by atoms with Crippen LogP contribution in [-0.2, 0) is 0 Å². The van der Waals surface area contributed by atoms with Crippen molar-refractivity contribution in [1.82, 2.24) is 44.9 Å². The number of nitrogens with zero attached hydrogens (tertiary/aromatic N) is 9. The Balaban J connectivity index is 0.000000110. The number of fused-ring (bicyclic) bond motifs is 14. The Bertz CT molecular complexity index is 9360. The van der Waals surface area contributed by atoms with E-state index in [-0.39, 0.29) is 0 Å². The predicted molar refractivity (Wildman–Crippen MR) is 571 cm³/mol. The Labute approximate surface area is 801 Å². The molecule has 0 aliphatic rings. The summed E-state index contributed by atoms with van der Waals surface area (Å²) in [7, 11) is 0. The second-order valence-corrected chi connectivity index (χ2v) is 36.3. The molecule has 0 aliphatic heterocycles. The van der Waals surface area contributed by atoms with Gasteiger partial charge in [0, 0.05) is 112 Å². The van der Waals surface area contributed by atoms with Gasteiger partial charge in [0.15, 0.2) is 52.4 Å². The average molecular weight is 1800 g/mol. The van der Waals surface area contributed by atoms with Gasteiger partial charge in [-0.05, 0) is 174 Å². The third kappa shape index (κ3) is 15.9. The van der Waals surface area contributed by atoms with Gasteiger partial charge in [0.05, 0.1) is 0 Å². The van der Waals surface area contributed by atoms with Gasteiger partial charge < -0.3 is 8.83 Å². The van der Waals surface area contributed by atoms with Crippen molar-refractivity contribution in [2.75, 3.05) is 0 Å². The molecule has 7 aromatic heterocycles. The second-order valence-electron chi connectivity index (χ2n) is 34.2. The van der Waals surface area contributed by atoms with Gasteiger partial charge in [0.25, 0.3) is 0 Å². The number of aromatic nitrogens is 9. The van der Waals surface area contributed by atoms with E-state index in [1.807, 2.05) is 103 Å². The van der Waals surface area contributed by atoms with Crippen molar-refractivity contribution < 1.29 is 8.83 Å². The molecule has 0 N–H and O–H groups in total. The summed E-state index contributed by atoms with van der Waals surface area (Å²) in [5.41, 5.74) is 23.3. The molecular weight excluding hydrogens is 1720 g/mol. The van der Waals surface area contributed by atoms with E-state index in [4.69, 9.17) is 53.7 Å². The van der Waals surface area contributed by atoms with Crippen molar-refractivity contribution >= 4 is 128 Å². The topological polar surface area (TPSA) is 142 Å². The molecule has 0 unspecified atom stereocenters. The lowest BCUT2D eigenvalue weighted by molar-refractivity contribution is 0.669. The van der Waals surface area contributed by atoms with Crippen LogP contribution in [0, 0.1) is 0 Å². The van der Waals surface area contributed by atoms with Gasteiger partial charge in [-0.15, -0.1) is 22.7 Å². The number of rotatable bonds is 14. The number of hydrogen-bond acceptors (Lipinski definition) is 13. The Morgan fingerprint density at radius 1 is 0.138 bits per heavy atom. The van der Waals surface area contributed by atoms with Crippen LogP contribution in [0.2, 0.25) is 0 Å². The molecular formula is C125H77N9O2S2. The first kappa shape index (κ1) is 81.9. The summed E-state index contributed by atoms with van der Waals surface area (Å²) in [5.74, 6) is 5.69. The zero-order valence-corrected chi connectivity index (χ0v) is 75.7. The molecule has 646 valence electrons. The number of furan rings is 2. The van der Waals surface area contributed by atoms with Gasteiger partial charge in [-0.25, -0.2) is 44.9 Å². The van der Waals surface area contributed by atoms with Crippen LogP contribution >= 0.6 is 22.7 Å². The van der Waals surface area contributed by atoms with Gasteiger partial charge in [-0.1, -0.05) is 370 Å². The summed E-state index contributed by atoms with van der Waals surface area (Å²) in [6, 6.07) is 162. The summed E-state index contributed by atoms with van der Waals surface area (Å²) >= 11 is 3.60. The quantitative estimate of drug-likeness (QED) is 0.103. The van der Waals surface area contributed by atoms with Crippen molar-refractivity contribution in [2.24, 2.45) is 0 Å². The molecule has 27 rings (SSSR count). The number of thiophene rings is 2. The van der Waals surface area contributed by atoms with Crippen molar-refractivity contribution in [2.45, 2.75) is 0 Å². The summed E-state index contributed by atoms with van der Waals surface area (Å²) in [5, 5.41) is 13.8. The molecule has 0 radical (unpaired) electrons. The molecule has 138 heavy (non-hydrogen) atoms. The van der Waals surface area contributed by atoms with E-state index in [0.717, 1.165) is 143 Å². The monoisotopic (exact) mass is 1800 g/mol. The van der Waals surface area contributed by atoms with Crippen LogP contribution in [0.3, 0.4) is 0 Å². The first-order chi connectivity index (χ1) is 68.3. The summed E-state index contributed by atoms with van der Waals surface area (Å²) in [6.45, 7) is 0. The van der Waals surface area contributed by atoms with Crippen LogP contribution < -0.4 is 0 Å². The molecule has 0 spiro atoms. The minimum absolute atomic E-state index is 0.575. The average Bonchev–Trinajstić information content (AvgIpc) is 1.51. The molecule has 7 heterocycles. The lowest BCUT2D eigenvalue weighted by Gasteiger charge is -2.13. The molecule has 0 aliphatic carbocycles. The fourth-order valence-corrected chi connectivity index (χ4v) is 21.0. The van der Waals surface area contributed by atoms with Crippen LogP contribution in [0.4, 0.5) is 0 Å². The van der Waals surface area contributed by atoms with Crippen LogP contribution in [-0.4, -0.2) is 44.9 Å². The highest BCUT2D eigenvalue weighted by Gasteiger charge is 2.24. The lowest BCUT2D eigenvalue weighted by Crippen LogP contribution is -2.01. The second kappa shape index (κ2) is 35.5. The lowest BCUT2D eigenvalue weighted by atomic mass is 9.94. The van der Waals surface area contributed by atoms with Gasteiger partial charge >= 0.3 is 0 Å². The van der Waals surface area contributed by atoms with Crippen LogP contribution in [0.5, 0.6) is 0 Å². The minimum Gasteiger partial charge on any atom is -0.456 e. The maximum atomic E-state index is 6.40. The highest BCUT2D eigenvalue weighted by molar-refractivity contribution is 7.26. The highest BCUT2D eigenvalue weighted by Crippen LogP contribution is 2.45. The smallest absolute Gasteiger partial charge is 0.164 e. The van der Waals surface area contributed by atoms with E-state index in [0.29, 0.717) is 52.4 Å². The SMILES string of the molecule is c1ccc(-c2ccc3c(c2)oc2cc(-c4nc(-c5ccccc5)nc(-c5ccc6c(c5)oc5ccccc56)n4)ccc23)cc1.c1ccc(-c2cccc(-c3nc(-c4ccc5c(c4)sc4ccccc45)nc(-c4ccc(-c5ccccc5)c5ccccc45)n3)c2)cc1.c1ccc(-c2cccc(-c3nc(-c4ccc5cc(-c6ccccc6)ccc5c4)nc(-c4cccc5sc6ccccc6c45)n3)c2)cc1. The summed E-state index contributed by atoms with van der Waals surface area (Å²) in [4.78, 5) is 45.7. The molecule has 20 aromatic carbocycles. The minimum atomic E-state index is 0.575. The third-order valence-corrected chi connectivity index (χ3v) is 27.9. The van der Waals surface area contributed by atoms with Gasteiger partial charge in [0.2, 0.25) is 0 Å². The zero-order valence-electron chi connectivity index (χ0n) is 74.1. The van der Waals surface area contributed by atoms with Crippen molar-refractivity contribution in [3.8, 4) is 158 Å². The molecule has 0 amide bonds. The van der Waals surface area contributed by atoms with Crippen molar-refractivity contribution in [3.05, 3.63) is 467 Å². The van der Waals surface area contributed by atoms with Gasteiger partial charge in [-0.3, -0.25) is 0 Å². The molecule has 0 fully saturated rings. The van der Waals surface area contributed by atoms with E-state index in [1.165, 1.54) is 68.0 Å². The first-order valence-electron chi connectivity index (χ1n) is 45.9. The summed E-state index contributed by atoms with van der Waals surface area (Å²) in [6.07, 6.45) is 0. The van der Waals surface area contributed by atoms with Crippen LogP contribution in [0.25, 0.3) is 264 Å². The zero-order chi connectivity index (χ0) is 91.4. The maximum absolute atomic E-state index is 6.40. The first-order valence-corrected chi connectivity index (χ1v) is 47.5. The highest BCUT2D eigenvalue weighted by atomic mass is 32.1. The van der Waals surface area contributed by atoms with Gasteiger partial charge in [0.1, 0.15) is 22.3 Å².